The molecule has 2 heterocycles. The van der Waals surface area contributed by atoms with Gasteiger partial charge in [-0.25, -0.2) is 4.98 Å². The van der Waals surface area contributed by atoms with Crippen LogP contribution in [0.15, 0.2) is 77.8 Å². The minimum Gasteiger partial charge on any atom is -0.284 e. The number of halogens is 2. The lowest BCUT2D eigenvalue weighted by atomic mass is 9.87. The van der Waals surface area contributed by atoms with Crippen LogP contribution < -0.4 is 0 Å². The van der Waals surface area contributed by atoms with Crippen LogP contribution in [0, 0.1) is 0 Å². The minimum absolute atomic E-state index is 0.593. The van der Waals surface area contributed by atoms with Crippen molar-refractivity contribution >= 4 is 39.8 Å². The third kappa shape index (κ3) is 2.90. The number of para-hydroxylation sites is 1. The third-order valence-electron chi connectivity index (χ3n) is 5.10. The van der Waals surface area contributed by atoms with E-state index >= 15 is 0 Å². The zero-order valence-corrected chi connectivity index (χ0v) is 16.5. The van der Waals surface area contributed by atoms with Crippen LogP contribution in [0.5, 0.6) is 0 Å². The van der Waals surface area contributed by atoms with E-state index in [1.807, 2.05) is 36.4 Å². The van der Waals surface area contributed by atoms with E-state index < -0.39 is 0 Å². The summed E-state index contributed by atoms with van der Waals surface area (Å²) in [6.45, 7) is 0.763. The molecule has 0 fully saturated rings. The van der Waals surface area contributed by atoms with Crippen molar-refractivity contribution in [1.29, 1.82) is 0 Å². The van der Waals surface area contributed by atoms with Crippen LogP contribution >= 0.6 is 23.2 Å². The molecule has 0 N–H and O–H groups in total. The van der Waals surface area contributed by atoms with Crippen molar-refractivity contribution in [3.8, 4) is 11.3 Å². The van der Waals surface area contributed by atoms with Gasteiger partial charge in [0.2, 0.25) is 0 Å². The lowest BCUT2D eigenvalue weighted by Gasteiger charge is -2.23. The first kappa shape index (κ1) is 17.4. The van der Waals surface area contributed by atoms with Gasteiger partial charge in [0.1, 0.15) is 0 Å². The molecule has 4 aromatic rings. The largest absolute Gasteiger partial charge is 0.284 e. The maximum atomic E-state index is 6.59. The van der Waals surface area contributed by atoms with Gasteiger partial charge < -0.3 is 0 Å². The number of aromatic nitrogens is 1. The molecule has 28 heavy (non-hydrogen) atoms. The molecule has 0 spiro atoms. The average molecular weight is 403 g/mol. The van der Waals surface area contributed by atoms with E-state index in [2.05, 4.69) is 30.3 Å². The van der Waals surface area contributed by atoms with Crippen molar-refractivity contribution in [2.75, 3.05) is 6.54 Å². The Labute approximate surface area is 173 Å². The Morgan fingerprint density at radius 2 is 1.61 bits per heavy atom. The van der Waals surface area contributed by atoms with Crippen molar-refractivity contribution in [2.45, 2.75) is 6.42 Å². The number of benzene rings is 3. The molecule has 1 aliphatic heterocycles. The van der Waals surface area contributed by atoms with Gasteiger partial charge in [0, 0.05) is 33.6 Å². The fourth-order valence-corrected chi connectivity index (χ4v) is 4.36. The highest BCUT2D eigenvalue weighted by Gasteiger charge is 2.25. The van der Waals surface area contributed by atoms with Crippen LogP contribution in [0.2, 0.25) is 10.0 Å². The Kier molecular flexibility index (Phi) is 4.38. The van der Waals surface area contributed by atoms with Gasteiger partial charge in [-0.15, -0.1) is 0 Å². The van der Waals surface area contributed by atoms with Crippen LogP contribution in [-0.2, 0) is 6.42 Å². The molecule has 5 rings (SSSR count). The van der Waals surface area contributed by atoms with Gasteiger partial charge in [-0.2, -0.15) is 0 Å². The Balaban J connectivity index is 1.87. The summed E-state index contributed by atoms with van der Waals surface area (Å²) in [7, 11) is 0. The summed E-state index contributed by atoms with van der Waals surface area (Å²) >= 11 is 12.7. The van der Waals surface area contributed by atoms with Crippen LogP contribution in [0.4, 0.5) is 0 Å². The molecule has 4 heteroatoms. The average Bonchev–Trinajstić information content (AvgIpc) is 2.73. The molecule has 1 aliphatic rings. The zero-order chi connectivity index (χ0) is 19.1. The first-order chi connectivity index (χ1) is 13.7. The predicted octanol–water partition coefficient (Wildman–Crippen LogP) is 6.60. The highest BCUT2D eigenvalue weighted by atomic mass is 35.5. The summed E-state index contributed by atoms with van der Waals surface area (Å²) in [5.74, 6) is 0. The summed E-state index contributed by atoms with van der Waals surface area (Å²) < 4.78 is 0. The van der Waals surface area contributed by atoms with Crippen LogP contribution in [-0.4, -0.2) is 17.2 Å². The number of nitrogens with zero attached hydrogens (tertiary/aromatic N) is 2. The quantitative estimate of drug-likeness (QED) is 0.370. The summed E-state index contributed by atoms with van der Waals surface area (Å²) in [6, 6.07) is 24.1. The highest BCUT2D eigenvalue weighted by molar-refractivity contribution is 6.36. The summed E-state index contributed by atoms with van der Waals surface area (Å²) in [6.07, 6.45) is 0.882. The Bertz CT molecular complexity index is 1230. The number of hydrogen-bond donors (Lipinski definition) is 0. The number of rotatable bonds is 2. The van der Waals surface area contributed by atoms with Gasteiger partial charge in [0.25, 0.3) is 0 Å². The number of pyridine rings is 1. The van der Waals surface area contributed by atoms with Crippen LogP contribution in [0.25, 0.3) is 22.2 Å². The second-order valence-electron chi connectivity index (χ2n) is 6.80. The fraction of sp³-hybridized carbons (Fsp3) is 0.0833. The maximum absolute atomic E-state index is 6.59. The SMILES string of the molecule is Clc1ccc(-c2nc3ccccc3c3c2C(c2ccccc2)=NCC3)c(Cl)c1. The first-order valence-corrected chi connectivity index (χ1v) is 9.95. The number of fused-ring (bicyclic) bond motifs is 3. The minimum atomic E-state index is 0.593. The van der Waals surface area contributed by atoms with Gasteiger partial charge in [0.05, 0.1) is 21.9 Å². The molecule has 1 aromatic heterocycles. The number of hydrogen-bond acceptors (Lipinski definition) is 2. The molecule has 0 saturated carbocycles. The van der Waals surface area contributed by atoms with E-state index in [4.69, 9.17) is 33.2 Å². The molecule has 0 unspecified atom stereocenters. The fourth-order valence-electron chi connectivity index (χ4n) is 3.86. The molecule has 0 atom stereocenters. The van der Waals surface area contributed by atoms with E-state index in [0.717, 1.165) is 46.6 Å². The molecule has 136 valence electrons. The van der Waals surface area contributed by atoms with Crippen molar-refractivity contribution in [3.05, 3.63) is 99.5 Å². The molecular formula is C24H16Cl2N2. The summed E-state index contributed by atoms with van der Waals surface area (Å²) in [5, 5.41) is 2.38. The van der Waals surface area contributed by atoms with E-state index in [0.29, 0.717) is 10.0 Å². The normalized spacial score (nSPS) is 13.3. The number of aliphatic imine (C=N–C) groups is 1. The molecule has 2 nitrogen and oxygen atoms in total. The summed E-state index contributed by atoms with van der Waals surface area (Å²) in [5.41, 5.74) is 7.11. The third-order valence-corrected chi connectivity index (χ3v) is 5.65. The molecule has 0 saturated heterocycles. The molecule has 0 aliphatic carbocycles. The van der Waals surface area contributed by atoms with Crippen molar-refractivity contribution in [3.63, 3.8) is 0 Å². The topological polar surface area (TPSA) is 25.2 Å². The first-order valence-electron chi connectivity index (χ1n) is 9.19. The Hall–Kier alpha value is -2.68. The van der Waals surface area contributed by atoms with E-state index in [1.54, 1.807) is 6.07 Å². The van der Waals surface area contributed by atoms with Crippen LogP contribution in [0.3, 0.4) is 0 Å². The van der Waals surface area contributed by atoms with Crippen molar-refractivity contribution in [1.82, 2.24) is 4.98 Å². The molecule has 3 aromatic carbocycles. The van der Waals surface area contributed by atoms with Gasteiger partial charge in [-0.1, -0.05) is 71.7 Å². The summed E-state index contributed by atoms with van der Waals surface area (Å²) in [4.78, 5) is 9.91. The van der Waals surface area contributed by atoms with Gasteiger partial charge in [0.15, 0.2) is 0 Å². The molecule has 0 amide bonds. The van der Waals surface area contributed by atoms with E-state index in [-0.39, 0.29) is 0 Å². The van der Waals surface area contributed by atoms with Crippen LogP contribution in [0.1, 0.15) is 16.7 Å². The lowest BCUT2D eigenvalue weighted by molar-refractivity contribution is 0.950. The lowest BCUT2D eigenvalue weighted by Crippen LogP contribution is -2.17. The molecule has 0 radical (unpaired) electrons. The molecule has 0 bridgehead atoms. The second kappa shape index (κ2) is 7.05. The zero-order valence-electron chi connectivity index (χ0n) is 15.0. The van der Waals surface area contributed by atoms with Crippen molar-refractivity contribution < 1.29 is 0 Å². The molecular weight excluding hydrogens is 387 g/mol. The smallest absolute Gasteiger partial charge is 0.0821 e. The maximum Gasteiger partial charge on any atom is 0.0821 e. The predicted molar refractivity (Wildman–Crippen MR) is 118 cm³/mol. The van der Waals surface area contributed by atoms with Gasteiger partial charge in [-0.05, 0) is 36.2 Å². The second-order valence-corrected chi connectivity index (χ2v) is 7.65. The standard InChI is InChI=1S/C24H16Cl2N2/c25-16-10-11-19(20(26)14-16)24-22-18(17-8-4-5-9-21(17)28-24)12-13-27-23(22)15-6-2-1-3-7-15/h1-11,14H,12-13H2. The van der Waals surface area contributed by atoms with Gasteiger partial charge >= 0.3 is 0 Å². The highest BCUT2D eigenvalue weighted by Crippen LogP contribution is 2.38. The van der Waals surface area contributed by atoms with Crippen molar-refractivity contribution in [2.24, 2.45) is 4.99 Å². The van der Waals surface area contributed by atoms with E-state index in [9.17, 15) is 0 Å². The van der Waals surface area contributed by atoms with Gasteiger partial charge in [-0.3, -0.25) is 4.99 Å². The Morgan fingerprint density at radius 3 is 2.43 bits per heavy atom. The Morgan fingerprint density at radius 1 is 0.821 bits per heavy atom. The van der Waals surface area contributed by atoms with E-state index in [1.165, 1.54) is 10.9 Å². The monoisotopic (exact) mass is 402 g/mol.